The second-order valence-electron chi connectivity index (χ2n) is 5.01. The Hall–Kier alpha value is -2.71. The highest BCUT2D eigenvalue weighted by Crippen LogP contribution is 2.27. The van der Waals surface area contributed by atoms with Crippen LogP contribution in [0.2, 0.25) is 0 Å². The molecule has 1 heterocycles. The van der Waals surface area contributed by atoms with Crippen LogP contribution in [0.25, 0.3) is 10.6 Å². The zero-order chi connectivity index (χ0) is 17.8. The first-order valence-corrected chi connectivity index (χ1v) is 9.32. The number of benzene rings is 2. The van der Waals surface area contributed by atoms with Gasteiger partial charge in [0.1, 0.15) is 10.6 Å². The number of carbonyl (C=O) groups excluding carboxylic acids is 1. The molecule has 2 aromatic carbocycles. The molecule has 3 aromatic rings. The Balaban J connectivity index is 1.83. The van der Waals surface area contributed by atoms with Crippen LogP contribution in [0, 0.1) is 10.1 Å². The molecule has 126 valence electrons. The van der Waals surface area contributed by atoms with E-state index in [0.717, 1.165) is 15.5 Å². The van der Waals surface area contributed by atoms with Gasteiger partial charge in [0.15, 0.2) is 0 Å². The van der Waals surface area contributed by atoms with Gasteiger partial charge in [-0.1, -0.05) is 0 Å². The number of nitro benzene ring substituents is 1. The Morgan fingerprint density at radius 2 is 2.00 bits per heavy atom. The van der Waals surface area contributed by atoms with Gasteiger partial charge in [-0.05, 0) is 42.7 Å². The molecule has 0 saturated carbocycles. The maximum atomic E-state index is 12.5. The van der Waals surface area contributed by atoms with E-state index in [4.69, 9.17) is 0 Å². The van der Waals surface area contributed by atoms with Crippen LogP contribution in [0.1, 0.15) is 10.4 Å². The molecule has 1 aromatic heterocycles. The van der Waals surface area contributed by atoms with E-state index in [1.807, 2.05) is 23.8 Å². The molecule has 0 aliphatic heterocycles. The molecule has 0 spiro atoms. The van der Waals surface area contributed by atoms with Gasteiger partial charge in [-0.3, -0.25) is 14.9 Å². The number of nitro groups is 1. The molecule has 0 fully saturated rings. The van der Waals surface area contributed by atoms with Crippen LogP contribution in [0.4, 0.5) is 11.4 Å². The van der Waals surface area contributed by atoms with Crippen molar-refractivity contribution in [3.63, 3.8) is 0 Å². The van der Waals surface area contributed by atoms with Crippen molar-refractivity contribution < 1.29 is 9.72 Å². The van der Waals surface area contributed by atoms with Crippen LogP contribution in [0.5, 0.6) is 0 Å². The fraction of sp³-hybridized carbons (Fsp3) is 0.0588. The fourth-order valence-corrected chi connectivity index (χ4v) is 3.33. The first-order valence-electron chi connectivity index (χ1n) is 7.22. The minimum atomic E-state index is -0.551. The third-order valence-electron chi connectivity index (χ3n) is 3.47. The number of thiazole rings is 1. The summed E-state index contributed by atoms with van der Waals surface area (Å²) in [6, 6.07) is 11.7. The number of hydrogen-bond donors (Lipinski definition) is 1. The van der Waals surface area contributed by atoms with Crippen LogP contribution in [0.15, 0.2) is 58.9 Å². The summed E-state index contributed by atoms with van der Waals surface area (Å²) in [5.41, 5.74) is 1.34. The summed E-state index contributed by atoms with van der Waals surface area (Å²) in [6.45, 7) is 0. The topological polar surface area (TPSA) is 85.1 Å². The average molecular weight is 371 g/mol. The van der Waals surface area contributed by atoms with Gasteiger partial charge in [-0.25, -0.2) is 4.98 Å². The maximum Gasteiger partial charge on any atom is 0.282 e. The Morgan fingerprint density at radius 1 is 1.24 bits per heavy atom. The van der Waals surface area contributed by atoms with Crippen molar-refractivity contribution in [3.8, 4) is 10.6 Å². The molecular weight excluding hydrogens is 358 g/mol. The molecule has 25 heavy (non-hydrogen) atoms. The predicted molar refractivity (Wildman–Crippen MR) is 100 cm³/mol. The van der Waals surface area contributed by atoms with Crippen molar-refractivity contribution in [2.75, 3.05) is 11.6 Å². The van der Waals surface area contributed by atoms with Crippen molar-refractivity contribution in [1.82, 2.24) is 4.98 Å². The Morgan fingerprint density at radius 3 is 2.60 bits per heavy atom. The van der Waals surface area contributed by atoms with Crippen LogP contribution in [-0.4, -0.2) is 22.1 Å². The number of amides is 1. The molecule has 6 nitrogen and oxygen atoms in total. The summed E-state index contributed by atoms with van der Waals surface area (Å²) in [4.78, 5) is 28.1. The van der Waals surface area contributed by atoms with Gasteiger partial charge in [0, 0.05) is 33.8 Å². The Kier molecular flexibility index (Phi) is 5.11. The summed E-state index contributed by atoms with van der Waals surface area (Å²) < 4.78 is 0. The number of hydrogen-bond acceptors (Lipinski definition) is 6. The van der Waals surface area contributed by atoms with Gasteiger partial charge in [0.25, 0.3) is 11.6 Å². The Bertz CT molecular complexity index is 909. The highest BCUT2D eigenvalue weighted by molar-refractivity contribution is 7.98. The SMILES string of the molecule is CSc1ccc([N+](=O)[O-])c(C(=O)Nc2ccc(-c3nccs3)cc2)c1. The summed E-state index contributed by atoms with van der Waals surface area (Å²) in [5, 5.41) is 16.7. The number of rotatable bonds is 5. The molecule has 0 bridgehead atoms. The third-order valence-corrected chi connectivity index (χ3v) is 5.01. The van der Waals surface area contributed by atoms with Gasteiger partial charge >= 0.3 is 0 Å². The molecule has 1 N–H and O–H groups in total. The molecule has 8 heteroatoms. The molecule has 0 atom stereocenters. The lowest BCUT2D eigenvalue weighted by atomic mass is 10.1. The van der Waals surface area contributed by atoms with Crippen molar-refractivity contribution >= 4 is 40.4 Å². The van der Waals surface area contributed by atoms with Crippen LogP contribution >= 0.6 is 23.1 Å². The summed E-state index contributed by atoms with van der Waals surface area (Å²) in [7, 11) is 0. The highest BCUT2D eigenvalue weighted by Gasteiger charge is 2.20. The van der Waals surface area contributed by atoms with Gasteiger partial charge in [-0.15, -0.1) is 23.1 Å². The quantitative estimate of drug-likeness (QED) is 0.399. The summed E-state index contributed by atoms with van der Waals surface area (Å²) >= 11 is 2.95. The summed E-state index contributed by atoms with van der Waals surface area (Å²) in [5.74, 6) is -0.510. The zero-order valence-corrected chi connectivity index (χ0v) is 14.8. The average Bonchev–Trinajstić information content (AvgIpc) is 3.16. The van der Waals surface area contributed by atoms with E-state index in [-0.39, 0.29) is 11.3 Å². The van der Waals surface area contributed by atoms with Crippen molar-refractivity contribution in [2.45, 2.75) is 4.90 Å². The second kappa shape index (κ2) is 7.45. The predicted octanol–water partition coefficient (Wildman–Crippen LogP) is 4.69. The molecular formula is C17H13N3O3S2. The van der Waals surface area contributed by atoms with Crippen molar-refractivity contribution in [3.05, 3.63) is 69.7 Å². The van der Waals surface area contributed by atoms with E-state index in [1.54, 1.807) is 24.4 Å². The fourth-order valence-electron chi connectivity index (χ4n) is 2.24. The third kappa shape index (κ3) is 3.86. The van der Waals surface area contributed by atoms with Crippen LogP contribution < -0.4 is 5.32 Å². The highest BCUT2D eigenvalue weighted by atomic mass is 32.2. The number of thioether (sulfide) groups is 1. The largest absolute Gasteiger partial charge is 0.322 e. The van der Waals surface area contributed by atoms with Crippen molar-refractivity contribution in [2.24, 2.45) is 0 Å². The molecule has 1 amide bonds. The van der Waals surface area contributed by atoms with E-state index in [1.165, 1.54) is 35.2 Å². The number of nitrogens with zero attached hydrogens (tertiary/aromatic N) is 2. The second-order valence-corrected chi connectivity index (χ2v) is 6.78. The normalized spacial score (nSPS) is 10.4. The minimum absolute atomic E-state index is 0.0425. The smallest absolute Gasteiger partial charge is 0.282 e. The maximum absolute atomic E-state index is 12.5. The molecule has 0 unspecified atom stereocenters. The van der Waals surface area contributed by atoms with E-state index in [9.17, 15) is 14.9 Å². The van der Waals surface area contributed by atoms with E-state index >= 15 is 0 Å². The first-order chi connectivity index (χ1) is 12.1. The lowest BCUT2D eigenvalue weighted by Gasteiger charge is -2.08. The molecule has 3 rings (SSSR count). The van der Waals surface area contributed by atoms with E-state index < -0.39 is 10.8 Å². The van der Waals surface area contributed by atoms with Gasteiger partial charge in [0.05, 0.1) is 4.92 Å². The lowest BCUT2D eigenvalue weighted by molar-refractivity contribution is -0.385. The minimum Gasteiger partial charge on any atom is -0.322 e. The standard InChI is InChI=1S/C17H13N3O3S2/c1-24-13-6-7-15(20(22)23)14(10-13)16(21)19-12-4-2-11(3-5-12)17-18-8-9-25-17/h2-10H,1H3,(H,19,21). The lowest BCUT2D eigenvalue weighted by Crippen LogP contribution is -2.14. The molecule has 0 radical (unpaired) electrons. The monoisotopic (exact) mass is 371 g/mol. The van der Waals surface area contributed by atoms with E-state index in [0.29, 0.717) is 5.69 Å². The Labute approximate surface area is 152 Å². The van der Waals surface area contributed by atoms with Crippen LogP contribution in [-0.2, 0) is 0 Å². The van der Waals surface area contributed by atoms with Crippen molar-refractivity contribution in [1.29, 1.82) is 0 Å². The number of anilines is 1. The first kappa shape index (κ1) is 17.1. The summed E-state index contributed by atoms with van der Waals surface area (Å²) in [6.07, 6.45) is 3.58. The number of aromatic nitrogens is 1. The molecule has 0 aliphatic rings. The zero-order valence-electron chi connectivity index (χ0n) is 13.1. The number of carbonyl (C=O) groups is 1. The van der Waals surface area contributed by atoms with Gasteiger partial charge in [0.2, 0.25) is 0 Å². The molecule has 0 aliphatic carbocycles. The number of nitrogens with one attached hydrogen (secondary N) is 1. The van der Waals surface area contributed by atoms with Crippen LogP contribution in [0.3, 0.4) is 0 Å². The van der Waals surface area contributed by atoms with E-state index in [2.05, 4.69) is 10.3 Å². The van der Waals surface area contributed by atoms with Gasteiger partial charge in [-0.2, -0.15) is 0 Å². The van der Waals surface area contributed by atoms with Gasteiger partial charge < -0.3 is 5.32 Å². The molecule has 0 saturated heterocycles.